The van der Waals surface area contributed by atoms with Crippen LogP contribution in [0.15, 0.2) is 116 Å². The quantitative estimate of drug-likeness (QED) is 0.234. The van der Waals surface area contributed by atoms with Gasteiger partial charge in [0.15, 0.2) is 0 Å². The lowest BCUT2D eigenvalue weighted by Gasteiger charge is -2.18. The first-order valence-corrected chi connectivity index (χ1v) is 14.6. The fraction of sp³-hybridized carbons (Fsp3) is 0.103. The Morgan fingerprint density at radius 3 is 1.67 bits per heavy atom. The summed E-state index contributed by atoms with van der Waals surface area (Å²) >= 11 is 12.3. The predicted molar refractivity (Wildman–Crippen MR) is 153 cm³/mol. The standard InChI is InChI=1S/C29H25BCl2N3Si/c31-25-15-11-23(12-16-25)28(24-13-17-26(32)18-14-24)36-20-35-19-33-29(34-35)30-27(21-7-3-1-4-8-21)22-9-5-2-6-10-22/h1-19,27-28H,20,36H2. The van der Waals surface area contributed by atoms with Crippen molar-refractivity contribution in [2.45, 2.75) is 17.5 Å². The number of halogens is 2. The van der Waals surface area contributed by atoms with Crippen LogP contribution in [-0.2, 0) is 6.17 Å². The van der Waals surface area contributed by atoms with E-state index in [-0.39, 0.29) is 5.82 Å². The largest absolute Gasteiger partial charge is 0.257 e. The molecule has 4 aromatic carbocycles. The van der Waals surface area contributed by atoms with Crippen LogP contribution in [0.25, 0.3) is 0 Å². The fourth-order valence-corrected chi connectivity index (χ4v) is 6.73. The van der Waals surface area contributed by atoms with E-state index in [1.165, 1.54) is 22.3 Å². The molecule has 0 amide bonds. The summed E-state index contributed by atoms with van der Waals surface area (Å²) in [6.45, 7) is 0. The van der Waals surface area contributed by atoms with Crippen molar-refractivity contribution >= 4 is 45.7 Å². The van der Waals surface area contributed by atoms with Gasteiger partial charge in [0.25, 0.3) is 0 Å². The van der Waals surface area contributed by atoms with Crippen molar-refractivity contribution in [3.05, 3.63) is 148 Å². The average molecular weight is 525 g/mol. The summed E-state index contributed by atoms with van der Waals surface area (Å²) in [7, 11) is 1.50. The minimum Gasteiger partial charge on any atom is -0.257 e. The monoisotopic (exact) mass is 524 g/mol. The molecule has 1 aromatic heterocycles. The van der Waals surface area contributed by atoms with Crippen molar-refractivity contribution in [1.29, 1.82) is 0 Å². The van der Waals surface area contributed by atoms with E-state index < -0.39 is 9.52 Å². The van der Waals surface area contributed by atoms with E-state index in [1.807, 2.05) is 47.4 Å². The highest BCUT2D eigenvalue weighted by atomic mass is 35.5. The van der Waals surface area contributed by atoms with Crippen LogP contribution in [0.4, 0.5) is 0 Å². The van der Waals surface area contributed by atoms with E-state index >= 15 is 0 Å². The molecule has 5 aromatic rings. The Bertz CT molecular complexity index is 1290. The second kappa shape index (κ2) is 11.7. The number of hydrogen-bond donors (Lipinski definition) is 0. The molecule has 0 aliphatic heterocycles. The van der Waals surface area contributed by atoms with Crippen LogP contribution >= 0.6 is 23.2 Å². The zero-order valence-electron chi connectivity index (χ0n) is 19.7. The Kier molecular flexibility index (Phi) is 8.02. The summed E-state index contributed by atoms with van der Waals surface area (Å²) in [4.78, 5) is 4.64. The van der Waals surface area contributed by atoms with E-state index in [2.05, 4.69) is 85.1 Å². The third-order valence-corrected chi connectivity index (χ3v) is 9.12. The highest BCUT2D eigenvalue weighted by molar-refractivity contribution is 6.53. The van der Waals surface area contributed by atoms with Gasteiger partial charge in [-0.05, 0) is 57.9 Å². The van der Waals surface area contributed by atoms with Gasteiger partial charge in [-0.15, -0.1) is 0 Å². The molecule has 0 bridgehead atoms. The lowest BCUT2D eigenvalue weighted by molar-refractivity contribution is 0.735. The second-order valence-corrected chi connectivity index (χ2v) is 11.5. The van der Waals surface area contributed by atoms with Gasteiger partial charge in [-0.1, -0.05) is 108 Å². The van der Waals surface area contributed by atoms with Gasteiger partial charge in [0.05, 0.1) is 9.52 Å². The lowest BCUT2D eigenvalue weighted by Crippen LogP contribution is -2.27. The third kappa shape index (κ3) is 6.16. The van der Waals surface area contributed by atoms with Crippen molar-refractivity contribution in [2.75, 3.05) is 0 Å². The number of nitrogens with zero attached hydrogens (tertiary/aromatic N) is 3. The molecule has 0 spiro atoms. The maximum atomic E-state index is 6.16. The summed E-state index contributed by atoms with van der Waals surface area (Å²) in [6, 6.07) is 37.3. The Morgan fingerprint density at radius 1 is 0.667 bits per heavy atom. The number of benzene rings is 4. The molecule has 0 saturated carbocycles. The summed E-state index contributed by atoms with van der Waals surface area (Å²) in [5.41, 5.74) is 6.07. The average Bonchev–Trinajstić information content (AvgIpc) is 3.38. The van der Waals surface area contributed by atoms with Gasteiger partial charge < -0.3 is 0 Å². The third-order valence-electron chi connectivity index (χ3n) is 6.38. The maximum Gasteiger partial charge on any atom is 0.221 e. The van der Waals surface area contributed by atoms with Gasteiger partial charge in [0.1, 0.15) is 12.1 Å². The van der Waals surface area contributed by atoms with Crippen molar-refractivity contribution in [1.82, 2.24) is 14.8 Å². The summed E-state index contributed by atoms with van der Waals surface area (Å²) < 4.78 is 1.99. The van der Waals surface area contributed by atoms with Crippen LogP contribution in [-0.4, -0.2) is 31.6 Å². The Balaban J connectivity index is 1.34. The highest BCUT2D eigenvalue weighted by Crippen LogP contribution is 2.27. The van der Waals surface area contributed by atoms with Crippen molar-refractivity contribution in [3.63, 3.8) is 0 Å². The van der Waals surface area contributed by atoms with E-state index in [0.29, 0.717) is 5.54 Å². The minimum atomic E-state index is -0.649. The van der Waals surface area contributed by atoms with Crippen LogP contribution in [0.2, 0.25) is 10.0 Å². The molecule has 1 heterocycles. The van der Waals surface area contributed by atoms with Gasteiger partial charge in [0.2, 0.25) is 7.28 Å². The molecule has 3 nitrogen and oxygen atoms in total. The molecule has 0 atom stereocenters. The van der Waals surface area contributed by atoms with E-state index in [9.17, 15) is 0 Å². The molecular weight excluding hydrogens is 500 g/mol. The van der Waals surface area contributed by atoms with Gasteiger partial charge >= 0.3 is 0 Å². The molecule has 0 fully saturated rings. The van der Waals surface area contributed by atoms with Gasteiger partial charge in [-0.25, -0.2) is 4.98 Å². The van der Waals surface area contributed by atoms with Crippen molar-refractivity contribution < 1.29 is 0 Å². The molecule has 0 N–H and O–H groups in total. The predicted octanol–water partition coefficient (Wildman–Crippen LogP) is 5.62. The van der Waals surface area contributed by atoms with Crippen molar-refractivity contribution in [3.8, 4) is 0 Å². The normalized spacial score (nSPS) is 11.6. The lowest BCUT2D eigenvalue weighted by atomic mass is 9.58. The molecule has 0 aliphatic rings. The molecule has 36 heavy (non-hydrogen) atoms. The van der Waals surface area contributed by atoms with Crippen LogP contribution in [0.1, 0.15) is 33.6 Å². The number of aromatic nitrogens is 3. The Labute approximate surface area is 225 Å². The molecule has 0 saturated heterocycles. The topological polar surface area (TPSA) is 30.7 Å². The number of hydrogen-bond acceptors (Lipinski definition) is 2. The molecule has 7 heteroatoms. The maximum absolute atomic E-state index is 6.16. The van der Waals surface area contributed by atoms with Crippen LogP contribution in [0.5, 0.6) is 0 Å². The van der Waals surface area contributed by atoms with Gasteiger partial charge in [-0.3, -0.25) is 4.68 Å². The first kappa shape index (κ1) is 24.6. The van der Waals surface area contributed by atoms with Gasteiger partial charge in [-0.2, -0.15) is 5.10 Å². The minimum absolute atomic E-state index is 0.0939. The molecular formula is C29H25BCl2N3Si. The summed E-state index contributed by atoms with van der Waals surface area (Å²) in [5.74, 6) is 0.0939. The molecule has 0 aliphatic carbocycles. The fourth-order valence-electron chi connectivity index (χ4n) is 4.53. The Hall–Kier alpha value is -3.12. The zero-order chi connectivity index (χ0) is 24.7. The highest BCUT2D eigenvalue weighted by Gasteiger charge is 2.20. The molecule has 5 rings (SSSR count). The number of rotatable bonds is 9. The van der Waals surface area contributed by atoms with E-state index in [4.69, 9.17) is 28.3 Å². The smallest absolute Gasteiger partial charge is 0.221 e. The SMILES string of the molecule is Clc1ccc(C([SiH2]Cn2cnc([B]C(c3ccccc3)c3ccccc3)n2)c2ccc(Cl)cc2)cc1. The molecule has 1 radical (unpaired) electrons. The molecule has 0 unspecified atom stereocenters. The first-order chi connectivity index (χ1) is 17.7. The summed E-state index contributed by atoms with van der Waals surface area (Å²) in [5, 5.41) is 6.33. The van der Waals surface area contributed by atoms with Crippen molar-refractivity contribution in [2.24, 2.45) is 0 Å². The summed E-state index contributed by atoms with van der Waals surface area (Å²) in [6.07, 6.45) is 2.73. The Morgan fingerprint density at radius 2 is 1.17 bits per heavy atom. The second-order valence-electron chi connectivity index (χ2n) is 8.78. The van der Waals surface area contributed by atoms with E-state index in [1.54, 1.807) is 0 Å². The molecule has 177 valence electrons. The van der Waals surface area contributed by atoms with Gasteiger partial charge in [0, 0.05) is 16.2 Å². The van der Waals surface area contributed by atoms with Crippen LogP contribution in [0, 0.1) is 0 Å². The zero-order valence-corrected chi connectivity index (χ0v) is 22.6. The van der Waals surface area contributed by atoms with Crippen LogP contribution in [0.3, 0.4) is 0 Å². The first-order valence-electron chi connectivity index (χ1n) is 12.0. The van der Waals surface area contributed by atoms with Crippen LogP contribution < -0.4 is 5.72 Å². The van der Waals surface area contributed by atoms with E-state index in [0.717, 1.165) is 21.9 Å².